The molecule has 0 aliphatic carbocycles. The van der Waals surface area contributed by atoms with Crippen LogP contribution in [-0.4, -0.2) is 9.97 Å². The lowest BCUT2D eigenvalue weighted by molar-refractivity contribution is 1.43. The summed E-state index contributed by atoms with van der Waals surface area (Å²) in [5, 5.41) is 2.50. The van der Waals surface area contributed by atoms with E-state index < -0.39 is 0 Å². The van der Waals surface area contributed by atoms with Crippen molar-refractivity contribution in [3.8, 4) is 11.3 Å². The highest BCUT2D eigenvalue weighted by atomic mass is 14.7. The van der Waals surface area contributed by atoms with Crippen LogP contribution in [0, 0.1) is 0 Å². The molecule has 2 nitrogen and oxygen atoms in total. The van der Waals surface area contributed by atoms with E-state index in [9.17, 15) is 0 Å². The summed E-state index contributed by atoms with van der Waals surface area (Å²) in [6.07, 6.45) is 2.06. The Morgan fingerprint density at radius 2 is 1.56 bits per heavy atom. The summed E-state index contributed by atoms with van der Waals surface area (Å²) in [4.78, 5) is 6.78. The molecule has 0 fully saturated rings. The standard InChI is InChI=1S/C16H12N2/c1-3-7-14-11(5-1)9-16(18-14)13-10-17-15-8-4-2-6-12(13)15/h1-10,17-18H. The first-order valence-corrected chi connectivity index (χ1v) is 6.06. The highest BCUT2D eigenvalue weighted by Gasteiger charge is 2.07. The first-order valence-electron chi connectivity index (χ1n) is 6.06. The molecule has 86 valence electrons. The molecule has 0 aliphatic rings. The number of nitrogens with one attached hydrogen (secondary N) is 2. The average molecular weight is 232 g/mol. The second-order valence-electron chi connectivity index (χ2n) is 4.52. The minimum absolute atomic E-state index is 1.16. The number of hydrogen-bond donors (Lipinski definition) is 2. The van der Waals surface area contributed by atoms with Crippen molar-refractivity contribution in [3.63, 3.8) is 0 Å². The molecule has 0 amide bonds. The van der Waals surface area contributed by atoms with Gasteiger partial charge in [0.05, 0.1) is 0 Å². The lowest BCUT2D eigenvalue weighted by Gasteiger charge is -1.94. The summed E-state index contributed by atoms with van der Waals surface area (Å²) in [6.45, 7) is 0. The lowest BCUT2D eigenvalue weighted by Crippen LogP contribution is -1.73. The highest BCUT2D eigenvalue weighted by molar-refractivity contribution is 5.97. The fourth-order valence-electron chi connectivity index (χ4n) is 2.51. The normalized spacial score (nSPS) is 11.3. The van der Waals surface area contributed by atoms with E-state index in [1.807, 2.05) is 6.07 Å². The van der Waals surface area contributed by atoms with E-state index in [0.717, 1.165) is 5.69 Å². The van der Waals surface area contributed by atoms with Gasteiger partial charge in [-0.3, -0.25) is 0 Å². The Morgan fingerprint density at radius 1 is 0.778 bits per heavy atom. The summed E-state index contributed by atoms with van der Waals surface area (Å²) in [5.41, 5.74) is 4.74. The number of benzene rings is 2. The minimum Gasteiger partial charge on any atom is -0.360 e. The SMILES string of the molecule is c1ccc2[nH]c(-c3c[nH]c4ccccc34)cc2c1. The van der Waals surface area contributed by atoms with Gasteiger partial charge in [-0.1, -0.05) is 36.4 Å². The molecule has 2 N–H and O–H groups in total. The number of aromatic amines is 2. The van der Waals surface area contributed by atoms with Gasteiger partial charge in [0.25, 0.3) is 0 Å². The van der Waals surface area contributed by atoms with Crippen LogP contribution in [0.5, 0.6) is 0 Å². The van der Waals surface area contributed by atoms with Crippen molar-refractivity contribution in [2.24, 2.45) is 0 Å². The maximum Gasteiger partial charge on any atom is 0.0486 e. The number of para-hydroxylation sites is 2. The van der Waals surface area contributed by atoms with Crippen molar-refractivity contribution in [2.45, 2.75) is 0 Å². The Labute approximate surface area is 104 Å². The van der Waals surface area contributed by atoms with Gasteiger partial charge in [0.1, 0.15) is 0 Å². The maximum atomic E-state index is 3.47. The summed E-state index contributed by atoms with van der Waals surface area (Å²) >= 11 is 0. The van der Waals surface area contributed by atoms with Crippen LogP contribution < -0.4 is 0 Å². The third kappa shape index (κ3) is 1.29. The van der Waals surface area contributed by atoms with Gasteiger partial charge in [0.2, 0.25) is 0 Å². The van der Waals surface area contributed by atoms with Gasteiger partial charge in [-0.2, -0.15) is 0 Å². The molecule has 2 aromatic carbocycles. The molecule has 2 aromatic heterocycles. The molecule has 0 radical (unpaired) electrons. The molecule has 0 spiro atoms. The number of hydrogen-bond acceptors (Lipinski definition) is 0. The second kappa shape index (κ2) is 3.50. The van der Waals surface area contributed by atoms with Crippen LogP contribution >= 0.6 is 0 Å². The topological polar surface area (TPSA) is 31.6 Å². The Morgan fingerprint density at radius 3 is 2.44 bits per heavy atom. The molecule has 2 heterocycles. The second-order valence-corrected chi connectivity index (χ2v) is 4.52. The predicted octanol–water partition coefficient (Wildman–Crippen LogP) is 4.32. The van der Waals surface area contributed by atoms with Crippen molar-refractivity contribution in [3.05, 3.63) is 60.8 Å². The molecule has 0 bridgehead atoms. The van der Waals surface area contributed by atoms with Gasteiger partial charge in [-0.25, -0.2) is 0 Å². The molecule has 4 aromatic rings. The highest BCUT2D eigenvalue weighted by Crippen LogP contribution is 2.30. The Hall–Kier alpha value is -2.48. The lowest BCUT2D eigenvalue weighted by atomic mass is 10.1. The van der Waals surface area contributed by atoms with E-state index >= 15 is 0 Å². The van der Waals surface area contributed by atoms with Crippen LogP contribution in [0.25, 0.3) is 33.1 Å². The van der Waals surface area contributed by atoms with Crippen LogP contribution in [0.3, 0.4) is 0 Å². The summed E-state index contributed by atoms with van der Waals surface area (Å²) < 4.78 is 0. The summed E-state index contributed by atoms with van der Waals surface area (Å²) in [5.74, 6) is 0. The molecule has 4 rings (SSSR count). The summed E-state index contributed by atoms with van der Waals surface area (Å²) in [6, 6.07) is 18.9. The van der Waals surface area contributed by atoms with Crippen LogP contribution in [-0.2, 0) is 0 Å². The maximum absolute atomic E-state index is 3.47. The molecule has 0 aliphatic heterocycles. The Bertz CT molecular complexity index is 803. The number of H-pyrrole nitrogens is 2. The molecule has 0 atom stereocenters. The monoisotopic (exact) mass is 232 g/mol. The van der Waals surface area contributed by atoms with E-state index in [0.29, 0.717) is 0 Å². The number of fused-ring (bicyclic) bond motifs is 2. The summed E-state index contributed by atoms with van der Waals surface area (Å²) in [7, 11) is 0. The quantitative estimate of drug-likeness (QED) is 0.490. The molecule has 0 saturated heterocycles. The number of aromatic nitrogens is 2. The predicted molar refractivity (Wildman–Crippen MR) is 75.6 cm³/mol. The van der Waals surface area contributed by atoms with Crippen molar-refractivity contribution in [1.29, 1.82) is 0 Å². The first kappa shape index (κ1) is 9.54. The number of rotatable bonds is 1. The van der Waals surface area contributed by atoms with Crippen molar-refractivity contribution >= 4 is 21.8 Å². The van der Waals surface area contributed by atoms with E-state index in [2.05, 4.69) is 64.7 Å². The van der Waals surface area contributed by atoms with Crippen molar-refractivity contribution in [2.75, 3.05) is 0 Å². The molecule has 2 heteroatoms. The van der Waals surface area contributed by atoms with E-state index in [1.54, 1.807) is 0 Å². The smallest absolute Gasteiger partial charge is 0.0486 e. The van der Waals surface area contributed by atoms with Gasteiger partial charge in [-0.05, 0) is 18.2 Å². The zero-order valence-electron chi connectivity index (χ0n) is 9.77. The zero-order chi connectivity index (χ0) is 11.9. The Balaban J connectivity index is 2.01. The van der Waals surface area contributed by atoms with Crippen LogP contribution in [0.15, 0.2) is 60.8 Å². The van der Waals surface area contributed by atoms with Crippen LogP contribution in [0.2, 0.25) is 0 Å². The van der Waals surface area contributed by atoms with Crippen molar-refractivity contribution < 1.29 is 0 Å². The van der Waals surface area contributed by atoms with Gasteiger partial charge in [-0.15, -0.1) is 0 Å². The molecule has 0 unspecified atom stereocenters. The Kier molecular flexibility index (Phi) is 1.86. The third-order valence-corrected chi connectivity index (χ3v) is 3.41. The molecular weight excluding hydrogens is 220 g/mol. The third-order valence-electron chi connectivity index (χ3n) is 3.41. The van der Waals surface area contributed by atoms with Crippen LogP contribution in [0.4, 0.5) is 0 Å². The zero-order valence-corrected chi connectivity index (χ0v) is 9.77. The molecule has 0 saturated carbocycles. The van der Waals surface area contributed by atoms with Gasteiger partial charge in [0.15, 0.2) is 0 Å². The van der Waals surface area contributed by atoms with Crippen LogP contribution in [0.1, 0.15) is 0 Å². The van der Waals surface area contributed by atoms with Gasteiger partial charge < -0.3 is 9.97 Å². The average Bonchev–Trinajstić information content (AvgIpc) is 3.02. The largest absolute Gasteiger partial charge is 0.360 e. The van der Waals surface area contributed by atoms with Crippen molar-refractivity contribution in [1.82, 2.24) is 9.97 Å². The van der Waals surface area contributed by atoms with E-state index in [1.165, 1.54) is 27.4 Å². The van der Waals surface area contributed by atoms with Gasteiger partial charge >= 0.3 is 0 Å². The fraction of sp³-hybridized carbons (Fsp3) is 0. The molecular formula is C16H12N2. The first-order chi connectivity index (χ1) is 8.92. The molecule has 18 heavy (non-hydrogen) atoms. The van der Waals surface area contributed by atoms with E-state index in [4.69, 9.17) is 0 Å². The fourth-order valence-corrected chi connectivity index (χ4v) is 2.51. The van der Waals surface area contributed by atoms with E-state index in [-0.39, 0.29) is 0 Å². The minimum atomic E-state index is 1.16. The van der Waals surface area contributed by atoms with Gasteiger partial charge in [0, 0.05) is 39.3 Å².